The van der Waals surface area contributed by atoms with E-state index in [0.29, 0.717) is 29.7 Å². The van der Waals surface area contributed by atoms with E-state index in [0.717, 1.165) is 5.56 Å². The summed E-state index contributed by atoms with van der Waals surface area (Å²) in [6.45, 7) is 1.17. The monoisotopic (exact) mass is 424 g/mol. The summed E-state index contributed by atoms with van der Waals surface area (Å²) in [7, 11) is -4.66. The molecule has 2 atom stereocenters. The van der Waals surface area contributed by atoms with E-state index >= 15 is 0 Å². The average molecular weight is 426 g/mol. The first-order valence-corrected chi connectivity index (χ1v) is 9.15. The van der Waals surface area contributed by atoms with E-state index in [9.17, 15) is 17.2 Å². The van der Waals surface area contributed by atoms with Crippen LogP contribution in [0.1, 0.15) is 11.5 Å². The minimum absolute atomic E-state index is 0. The van der Waals surface area contributed by atoms with Crippen LogP contribution in [0, 0.1) is 0 Å². The SMILES string of the molecule is Cl.O=S(=O)(NC[C@H]1OCCNC[C@H]1c1ccc(Cl)c(Cl)c1)C(F)F. The highest BCUT2D eigenvalue weighted by molar-refractivity contribution is 7.89. The Hall–Kier alpha value is -0.220. The Balaban J connectivity index is 0.00000288. The Labute approximate surface area is 155 Å². The van der Waals surface area contributed by atoms with Gasteiger partial charge in [-0.15, -0.1) is 12.4 Å². The van der Waals surface area contributed by atoms with Gasteiger partial charge < -0.3 is 10.1 Å². The van der Waals surface area contributed by atoms with Crippen molar-refractivity contribution < 1.29 is 21.9 Å². The molecule has 1 aliphatic rings. The third-order valence-corrected chi connectivity index (χ3v) is 5.29. The molecule has 1 aliphatic heterocycles. The van der Waals surface area contributed by atoms with Crippen LogP contribution in [-0.2, 0) is 14.8 Å². The molecular formula is C13H17Cl3F2N2O3S. The number of rotatable bonds is 5. The zero-order chi connectivity index (χ0) is 17.0. The van der Waals surface area contributed by atoms with Crippen LogP contribution in [0.4, 0.5) is 8.78 Å². The highest BCUT2D eigenvalue weighted by Gasteiger charge is 2.30. The predicted octanol–water partition coefficient (Wildman–Crippen LogP) is 2.63. The summed E-state index contributed by atoms with van der Waals surface area (Å²) in [4.78, 5) is 0. The molecule has 0 amide bonds. The molecule has 1 saturated heterocycles. The molecule has 2 N–H and O–H groups in total. The summed E-state index contributed by atoms with van der Waals surface area (Å²) in [5.74, 6) is -3.73. The van der Waals surface area contributed by atoms with E-state index in [1.54, 1.807) is 18.2 Å². The van der Waals surface area contributed by atoms with Gasteiger partial charge in [-0.1, -0.05) is 29.3 Å². The van der Waals surface area contributed by atoms with Crippen LogP contribution in [0.5, 0.6) is 0 Å². The molecule has 2 rings (SSSR count). The topological polar surface area (TPSA) is 67.4 Å². The van der Waals surface area contributed by atoms with E-state index in [4.69, 9.17) is 27.9 Å². The molecule has 0 bridgehead atoms. The first-order valence-electron chi connectivity index (χ1n) is 6.85. The number of benzene rings is 1. The summed E-state index contributed by atoms with van der Waals surface area (Å²) in [6.07, 6.45) is -0.601. The smallest absolute Gasteiger partial charge is 0.350 e. The minimum atomic E-state index is -4.66. The van der Waals surface area contributed by atoms with Gasteiger partial charge in [0.05, 0.1) is 22.8 Å². The number of sulfonamides is 1. The number of ether oxygens (including phenoxy) is 1. The summed E-state index contributed by atoms with van der Waals surface area (Å²) >= 11 is 11.9. The molecule has 0 radical (unpaired) electrons. The van der Waals surface area contributed by atoms with Crippen molar-refractivity contribution in [3.63, 3.8) is 0 Å². The van der Waals surface area contributed by atoms with Crippen molar-refractivity contribution in [2.24, 2.45) is 0 Å². The molecule has 1 aromatic carbocycles. The fraction of sp³-hybridized carbons (Fsp3) is 0.538. The first-order chi connectivity index (χ1) is 10.8. The number of nitrogens with one attached hydrogen (secondary N) is 2. The largest absolute Gasteiger partial charge is 0.375 e. The molecule has 0 aliphatic carbocycles. The van der Waals surface area contributed by atoms with Crippen molar-refractivity contribution in [1.29, 1.82) is 0 Å². The Morgan fingerprint density at radius 1 is 1.33 bits per heavy atom. The van der Waals surface area contributed by atoms with Gasteiger partial charge in [0.15, 0.2) is 0 Å². The van der Waals surface area contributed by atoms with Crippen LogP contribution < -0.4 is 10.0 Å². The third-order valence-electron chi connectivity index (χ3n) is 3.52. The van der Waals surface area contributed by atoms with Crippen LogP contribution >= 0.6 is 35.6 Å². The summed E-state index contributed by atoms with van der Waals surface area (Å²) in [5, 5.41) is 3.91. The quantitative estimate of drug-likeness (QED) is 0.761. The Morgan fingerprint density at radius 2 is 2.04 bits per heavy atom. The molecular weight excluding hydrogens is 409 g/mol. The minimum Gasteiger partial charge on any atom is -0.375 e. The molecule has 0 saturated carbocycles. The van der Waals surface area contributed by atoms with E-state index in [1.165, 1.54) is 0 Å². The zero-order valence-electron chi connectivity index (χ0n) is 12.3. The first kappa shape index (κ1) is 21.8. The van der Waals surface area contributed by atoms with Gasteiger partial charge in [0, 0.05) is 25.6 Å². The number of hydrogen-bond acceptors (Lipinski definition) is 4. The van der Waals surface area contributed by atoms with Gasteiger partial charge in [0.25, 0.3) is 10.0 Å². The molecule has 0 spiro atoms. The summed E-state index contributed by atoms with van der Waals surface area (Å²) in [5.41, 5.74) is 0.787. The maximum Gasteiger partial charge on any atom is 0.350 e. The lowest BCUT2D eigenvalue weighted by molar-refractivity contribution is 0.0556. The lowest BCUT2D eigenvalue weighted by Crippen LogP contribution is -2.40. The highest BCUT2D eigenvalue weighted by atomic mass is 35.5. The number of alkyl halides is 2. The molecule has 1 fully saturated rings. The molecule has 0 aromatic heterocycles. The molecule has 11 heteroatoms. The maximum atomic E-state index is 12.4. The van der Waals surface area contributed by atoms with Crippen LogP contribution in [0.2, 0.25) is 10.0 Å². The van der Waals surface area contributed by atoms with E-state index in [1.807, 2.05) is 4.72 Å². The van der Waals surface area contributed by atoms with Crippen molar-refractivity contribution in [2.45, 2.75) is 17.8 Å². The third kappa shape index (κ3) is 5.66. The van der Waals surface area contributed by atoms with Gasteiger partial charge in [0.2, 0.25) is 0 Å². The van der Waals surface area contributed by atoms with E-state index in [2.05, 4.69) is 5.32 Å². The fourth-order valence-corrected chi connectivity index (χ4v) is 3.15. The van der Waals surface area contributed by atoms with Gasteiger partial charge >= 0.3 is 5.76 Å². The van der Waals surface area contributed by atoms with Gasteiger partial charge in [0.1, 0.15) is 0 Å². The number of hydrogen-bond donors (Lipinski definition) is 2. The predicted molar refractivity (Wildman–Crippen MR) is 92.0 cm³/mol. The molecule has 138 valence electrons. The van der Waals surface area contributed by atoms with Crippen LogP contribution in [0.15, 0.2) is 18.2 Å². The second kappa shape index (κ2) is 9.47. The maximum absolute atomic E-state index is 12.4. The van der Waals surface area contributed by atoms with Gasteiger partial charge in [-0.25, -0.2) is 13.1 Å². The van der Waals surface area contributed by atoms with Crippen LogP contribution in [0.3, 0.4) is 0 Å². The van der Waals surface area contributed by atoms with Crippen molar-refractivity contribution in [2.75, 3.05) is 26.2 Å². The van der Waals surface area contributed by atoms with Crippen molar-refractivity contribution >= 4 is 45.6 Å². The zero-order valence-corrected chi connectivity index (χ0v) is 15.5. The lowest BCUT2D eigenvalue weighted by atomic mass is 9.93. The molecule has 24 heavy (non-hydrogen) atoms. The van der Waals surface area contributed by atoms with Gasteiger partial charge in [-0.3, -0.25) is 0 Å². The van der Waals surface area contributed by atoms with Crippen molar-refractivity contribution in [1.82, 2.24) is 10.0 Å². The van der Waals surface area contributed by atoms with Gasteiger partial charge in [-0.2, -0.15) is 8.78 Å². The normalized spacial score (nSPS) is 22.0. The van der Waals surface area contributed by atoms with Gasteiger partial charge in [-0.05, 0) is 17.7 Å². The average Bonchev–Trinajstić information content (AvgIpc) is 2.73. The Kier molecular flexibility index (Phi) is 8.61. The lowest BCUT2D eigenvalue weighted by Gasteiger charge is -2.25. The van der Waals surface area contributed by atoms with E-state index in [-0.39, 0.29) is 24.9 Å². The molecule has 5 nitrogen and oxygen atoms in total. The summed E-state index contributed by atoms with van der Waals surface area (Å²) in [6, 6.07) is 5.05. The van der Waals surface area contributed by atoms with E-state index < -0.39 is 21.9 Å². The second-order valence-electron chi connectivity index (χ2n) is 5.05. The summed E-state index contributed by atoms with van der Waals surface area (Å²) < 4.78 is 54.8. The molecule has 1 heterocycles. The van der Waals surface area contributed by atoms with Crippen molar-refractivity contribution in [3.05, 3.63) is 33.8 Å². The highest BCUT2D eigenvalue weighted by Crippen LogP contribution is 2.29. The Morgan fingerprint density at radius 3 is 2.67 bits per heavy atom. The van der Waals surface area contributed by atoms with Crippen LogP contribution in [-0.4, -0.2) is 46.5 Å². The van der Waals surface area contributed by atoms with Crippen molar-refractivity contribution in [3.8, 4) is 0 Å². The Bertz CT molecular complexity index is 649. The molecule has 0 unspecified atom stereocenters. The van der Waals surface area contributed by atoms with Crippen LogP contribution in [0.25, 0.3) is 0 Å². The second-order valence-corrected chi connectivity index (χ2v) is 7.60. The molecule has 1 aromatic rings. The standard InChI is InChI=1S/C13H16Cl2F2N2O3S.ClH/c14-10-2-1-8(5-11(10)15)9-6-18-3-4-22-12(9)7-19-23(20,21)13(16)17;/h1-2,5,9,12-13,18-19H,3-4,6-7H2;1H/t9-,12+;/m0./s1. The fourth-order valence-electron chi connectivity index (χ4n) is 2.33. The number of halogens is 5.